The third-order valence-corrected chi connectivity index (χ3v) is 3.66. The summed E-state index contributed by atoms with van der Waals surface area (Å²) in [5.41, 5.74) is 1.58. The summed E-state index contributed by atoms with van der Waals surface area (Å²) in [5, 5.41) is 13.6. The summed E-state index contributed by atoms with van der Waals surface area (Å²) in [6.07, 6.45) is 1.14. The van der Waals surface area contributed by atoms with Gasteiger partial charge in [0.05, 0.1) is 5.75 Å². The maximum atomic E-state index is 9.65. The Hall–Kier alpha value is -1.49. The Morgan fingerprint density at radius 3 is 2.94 bits per heavy atom. The second-order valence-electron chi connectivity index (χ2n) is 4.07. The number of aromatic hydroxyl groups is 1. The van der Waals surface area contributed by atoms with Crippen LogP contribution in [-0.2, 0) is 5.75 Å². The first-order chi connectivity index (χ1) is 8.70. The summed E-state index contributed by atoms with van der Waals surface area (Å²) in [6.45, 7) is 3.99. The molecule has 2 aromatic rings. The highest BCUT2D eigenvalue weighted by Crippen LogP contribution is 2.25. The zero-order valence-corrected chi connectivity index (χ0v) is 11.3. The molecule has 0 aliphatic carbocycles. The molecule has 1 aromatic carbocycles. The molecule has 2 rings (SSSR count). The van der Waals surface area contributed by atoms with Gasteiger partial charge in [-0.3, -0.25) is 0 Å². The van der Waals surface area contributed by atoms with Gasteiger partial charge in [-0.05, 0) is 36.8 Å². The van der Waals surface area contributed by atoms with E-state index in [0.717, 1.165) is 29.1 Å². The lowest BCUT2D eigenvalue weighted by atomic mass is 10.1. The van der Waals surface area contributed by atoms with Gasteiger partial charge in [0.25, 0.3) is 5.89 Å². The summed E-state index contributed by atoms with van der Waals surface area (Å²) < 4.78 is 5.19. The highest BCUT2D eigenvalue weighted by molar-refractivity contribution is 7.98. The van der Waals surface area contributed by atoms with E-state index in [1.165, 1.54) is 0 Å². The summed E-state index contributed by atoms with van der Waals surface area (Å²) in [6, 6.07) is 5.34. The number of aryl methyl sites for hydroxylation is 1. The SMILES string of the molecule is CCCSCc1noc(-c2ccc(C)c(O)c2)n1. The van der Waals surface area contributed by atoms with Gasteiger partial charge in [0, 0.05) is 5.56 Å². The lowest BCUT2D eigenvalue weighted by Gasteiger charge is -1.99. The summed E-state index contributed by atoms with van der Waals surface area (Å²) >= 11 is 1.79. The molecule has 0 fully saturated rings. The van der Waals surface area contributed by atoms with E-state index in [9.17, 15) is 5.11 Å². The van der Waals surface area contributed by atoms with Gasteiger partial charge in [-0.25, -0.2) is 0 Å². The van der Waals surface area contributed by atoms with Crippen molar-refractivity contribution in [2.75, 3.05) is 5.75 Å². The number of aromatic nitrogens is 2. The molecule has 0 atom stereocenters. The van der Waals surface area contributed by atoms with E-state index in [1.807, 2.05) is 19.1 Å². The van der Waals surface area contributed by atoms with E-state index in [1.54, 1.807) is 17.8 Å². The third kappa shape index (κ3) is 3.04. The standard InChI is InChI=1S/C13H16N2O2S/c1-3-6-18-8-12-14-13(17-15-12)10-5-4-9(2)11(16)7-10/h4-5,7,16H,3,6,8H2,1-2H3. The first-order valence-corrected chi connectivity index (χ1v) is 7.06. The van der Waals surface area contributed by atoms with Crippen LogP contribution in [0.25, 0.3) is 11.5 Å². The van der Waals surface area contributed by atoms with Crippen LogP contribution in [0, 0.1) is 6.92 Å². The largest absolute Gasteiger partial charge is 0.508 e. The van der Waals surface area contributed by atoms with Gasteiger partial charge in [-0.15, -0.1) is 0 Å². The molecule has 4 nitrogen and oxygen atoms in total. The Balaban J connectivity index is 2.11. The molecule has 0 saturated carbocycles. The van der Waals surface area contributed by atoms with Crippen molar-refractivity contribution >= 4 is 11.8 Å². The molecular formula is C13H16N2O2S. The van der Waals surface area contributed by atoms with E-state index in [2.05, 4.69) is 17.1 Å². The minimum Gasteiger partial charge on any atom is -0.508 e. The van der Waals surface area contributed by atoms with Gasteiger partial charge in [-0.2, -0.15) is 16.7 Å². The average Bonchev–Trinajstić information content (AvgIpc) is 2.82. The van der Waals surface area contributed by atoms with Gasteiger partial charge in [0.2, 0.25) is 0 Å². The topological polar surface area (TPSA) is 59.2 Å². The van der Waals surface area contributed by atoms with Crippen molar-refractivity contribution in [1.82, 2.24) is 10.1 Å². The molecular weight excluding hydrogens is 248 g/mol. The van der Waals surface area contributed by atoms with Crippen LogP contribution in [0.3, 0.4) is 0 Å². The molecule has 0 saturated heterocycles. The fourth-order valence-corrected chi connectivity index (χ4v) is 2.21. The lowest BCUT2D eigenvalue weighted by Crippen LogP contribution is -1.85. The summed E-state index contributed by atoms with van der Waals surface area (Å²) in [5.74, 6) is 3.25. The molecule has 1 aromatic heterocycles. The van der Waals surface area contributed by atoms with Crippen molar-refractivity contribution in [3.05, 3.63) is 29.6 Å². The van der Waals surface area contributed by atoms with E-state index < -0.39 is 0 Å². The van der Waals surface area contributed by atoms with Crippen LogP contribution in [0.4, 0.5) is 0 Å². The molecule has 18 heavy (non-hydrogen) atoms. The highest BCUT2D eigenvalue weighted by Gasteiger charge is 2.10. The van der Waals surface area contributed by atoms with Gasteiger partial charge in [0.15, 0.2) is 5.82 Å². The van der Waals surface area contributed by atoms with Gasteiger partial charge >= 0.3 is 0 Å². The van der Waals surface area contributed by atoms with Crippen molar-refractivity contribution in [1.29, 1.82) is 0 Å². The minimum atomic E-state index is 0.243. The van der Waals surface area contributed by atoms with Crippen molar-refractivity contribution in [3.63, 3.8) is 0 Å². The van der Waals surface area contributed by atoms with Gasteiger partial charge in [0.1, 0.15) is 5.75 Å². The van der Waals surface area contributed by atoms with Crippen molar-refractivity contribution in [2.45, 2.75) is 26.0 Å². The van der Waals surface area contributed by atoms with E-state index >= 15 is 0 Å². The molecule has 0 bridgehead atoms. The fraction of sp³-hybridized carbons (Fsp3) is 0.385. The van der Waals surface area contributed by atoms with Crippen LogP contribution < -0.4 is 0 Å². The second-order valence-corrected chi connectivity index (χ2v) is 5.17. The average molecular weight is 264 g/mol. The first-order valence-electron chi connectivity index (χ1n) is 5.91. The third-order valence-electron chi connectivity index (χ3n) is 2.50. The van der Waals surface area contributed by atoms with Crippen molar-refractivity contribution in [3.8, 4) is 17.2 Å². The molecule has 1 heterocycles. The number of phenols is 1. The zero-order valence-electron chi connectivity index (χ0n) is 10.5. The molecule has 0 aliphatic heterocycles. The molecule has 1 N–H and O–H groups in total. The van der Waals surface area contributed by atoms with Crippen LogP contribution in [0.1, 0.15) is 24.7 Å². The summed E-state index contributed by atoms with van der Waals surface area (Å²) in [7, 11) is 0. The van der Waals surface area contributed by atoms with Gasteiger partial charge in [-0.1, -0.05) is 18.1 Å². The fourth-order valence-electron chi connectivity index (χ4n) is 1.48. The van der Waals surface area contributed by atoms with E-state index in [4.69, 9.17) is 4.52 Å². The minimum absolute atomic E-state index is 0.243. The molecule has 0 radical (unpaired) electrons. The molecule has 0 spiro atoms. The van der Waals surface area contributed by atoms with Crippen LogP contribution in [0.15, 0.2) is 22.7 Å². The Morgan fingerprint density at radius 2 is 2.22 bits per heavy atom. The number of phenolic OH excluding ortho intramolecular Hbond substituents is 1. The number of thioether (sulfide) groups is 1. The molecule has 5 heteroatoms. The lowest BCUT2D eigenvalue weighted by molar-refractivity contribution is 0.424. The first kappa shape index (κ1) is 13.0. The Morgan fingerprint density at radius 1 is 1.39 bits per heavy atom. The quantitative estimate of drug-likeness (QED) is 0.839. The Bertz CT molecular complexity index is 525. The summed E-state index contributed by atoms with van der Waals surface area (Å²) in [4.78, 5) is 4.31. The second kappa shape index (κ2) is 5.91. The number of hydrogen-bond acceptors (Lipinski definition) is 5. The normalized spacial score (nSPS) is 10.8. The smallest absolute Gasteiger partial charge is 0.258 e. The van der Waals surface area contributed by atoms with Gasteiger partial charge < -0.3 is 9.63 Å². The van der Waals surface area contributed by atoms with E-state index in [-0.39, 0.29) is 5.75 Å². The van der Waals surface area contributed by atoms with Crippen LogP contribution in [0.5, 0.6) is 5.75 Å². The van der Waals surface area contributed by atoms with Crippen LogP contribution in [0.2, 0.25) is 0 Å². The van der Waals surface area contributed by atoms with Crippen LogP contribution >= 0.6 is 11.8 Å². The maximum absolute atomic E-state index is 9.65. The van der Waals surface area contributed by atoms with Crippen LogP contribution in [-0.4, -0.2) is 21.0 Å². The molecule has 0 amide bonds. The van der Waals surface area contributed by atoms with Crippen molar-refractivity contribution < 1.29 is 9.63 Å². The van der Waals surface area contributed by atoms with Crippen molar-refractivity contribution in [2.24, 2.45) is 0 Å². The van der Waals surface area contributed by atoms with E-state index in [0.29, 0.717) is 11.7 Å². The zero-order chi connectivity index (χ0) is 13.0. The highest BCUT2D eigenvalue weighted by atomic mass is 32.2. The number of rotatable bonds is 5. The number of nitrogens with zero attached hydrogens (tertiary/aromatic N) is 2. The predicted molar refractivity (Wildman–Crippen MR) is 72.6 cm³/mol. The number of benzene rings is 1. The molecule has 0 unspecified atom stereocenters. The monoisotopic (exact) mass is 264 g/mol. The maximum Gasteiger partial charge on any atom is 0.258 e. The number of hydrogen-bond donors (Lipinski definition) is 1. The predicted octanol–water partition coefficient (Wildman–Crippen LogP) is 3.39. The Kier molecular flexibility index (Phi) is 4.25. The Labute approximate surface area is 110 Å². The molecule has 0 aliphatic rings. The molecule has 96 valence electrons.